The van der Waals surface area contributed by atoms with Crippen molar-refractivity contribution in [1.29, 1.82) is 0 Å². The highest BCUT2D eigenvalue weighted by atomic mass is 32.2. The van der Waals surface area contributed by atoms with Crippen LogP contribution in [0.25, 0.3) is 0 Å². The first kappa shape index (κ1) is 26.6. The van der Waals surface area contributed by atoms with Crippen LogP contribution >= 0.6 is 0 Å². The number of pyridine rings is 1. The van der Waals surface area contributed by atoms with Gasteiger partial charge < -0.3 is 10.1 Å². The standard InChI is InChI=1S/C25H23F4N3O4S/c26-20-6-8-22(9-7-20)37(34,35)32-10-2-5-23(32)24(33)31-14-17-3-1-4-21(12-17)36-16-18-11-19(15-30-13-18)25(27,28)29/h1,3-4,6-9,11-13,15,23H,2,5,10,14,16H2,(H,31,33). The second kappa shape index (κ2) is 10.9. The molecule has 1 N–H and O–H groups in total. The number of carbonyl (C=O) groups excluding carboxylic acids is 1. The van der Waals surface area contributed by atoms with E-state index in [1.165, 1.54) is 18.3 Å². The Morgan fingerprint density at radius 3 is 2.57 bits per heavy atom. The van der Waals surface area contributed by atoms with Gasteiger partial charge in [-0.2, -0.15) is 17.5 Å². The second-order valence-corrected chi connectivity index (χ2v) is 10.4. The van der Waals surface area contributed by atoms with E-state index in [1.807, 2.05) is 0 Å². The summed E-state index contributed by atoms with van der Waals surface area (Å²) < 4.78 is 84.5. The van der Waals surface area contributed by atoms with Crippen LogP contribution in [0.15, 0.2) is 71.9 Å². The van der Waals surface area contributed by atoms with E-state index in [1.54, 1.807) is 24.3 Å². The summed E-state index contributed by atoms with van der Waals surface area (Å²) in [5.74, 6) is -0.651. The number of halogens is 4. The molecule has 12 heteroatoms. The van der Waals surface area contributed by atoms with Crippen molar-refractivity contribution in [2.24, 2.45) is 0 Å². The number of amides is 1. The fourth-order valence-electron chi connectivity index (χ4n) is 3.97. The zero-order valence-corrected chi connectivity index (χ0v) is 20.2. The highest BCUT2D eigenvalue weighted by Gasteiger charge is 2.39. The molecule has 1 aliphatic heterocycles. The Labute approximate surface area is 211 Å². The van der Waals surface area contributed by atoms with Crippen molar-refractivity contribution < 1.29 is 35.5 Å². The number of sulfonamides is 1. The lowest BCUT2D eigenvalue weighted by Crippen LogP contribution is -2.45. The Hall–Kier alpha value is -3.51. The van der Waals surface area contributed by atoms with E-state index >= 15 is 0 Å². The van der Waals surface area contributed by atoms with Crippen LogP contribution in [0.2, 0.25) is 0 Å². The van der Waals surface area contributed by atoms with Gasteiger partial charge in [-0.3, -0.25) is 9.78 Å². The molecule has 4 rings (SSSR count). The van der Waals surface area contributed by atoms with E-state index in [0.29, 0.717) is 24.2 Å². The van der Waals surface area contributed by atoms with Crippen molar-refractivity contribution in [3.63, 3.8) is 0 Å². The van der Waals surface area contributed by atoms with Crippen molar-refractivity contribution in [1.82, 2.24) is 14.6 Å². The van der Waals surface area contributed by atoms with Gasteiger partial charge in [0.1, 0.15) is 24.2 Å². The van der Waals surface area contributed by atoms with E-state index < -0.39 is 39.5 Å². The number of rotatable bonds is 8. The second-order valence-electron chi connectivity index (χ2n) is 8.46. The van der Waals surface area contributed by atoms with Gasteiger partial charge in [-0.1, -0.05) is 12.1 Å². The first-order valence-electron chi connectivity index (χ1n) is 11.3. The summed E-state index contributed by atoms with van der Waals surface area (Å²) >= 11 is 0. The molecule has 1 amide bonds. The van der Waals surface area contributed by atoms with Gasteiger partial charge in [0, 0.05) is 31.0 Å². The molecule has 0 radical (unpaired) electrons. The highest BCUT2D eigenvalue weighted by Crippen LogP contribution is 2.29. The van der Waals surface area contributed by atoms with Gasteiger partial charge in [0.2, 0.25) is 15.9 Å². The Morgan fingerprint density at radius 1 is 1.08 bits per heavy atom. The van der Waals surface area contributed by atoms with Crippen molar-refractivity contribution in [3.8, 4) is 5.75 Å². The maximum atomic E-state index is 13.2. The lowest BCUT2D eigenvalue weighted by Gasteiger charge is -2.23. The van der Waals surface area contributed by atoms with Gasteiger partial charge >= 0.3 is 6.18 Å². The average molecular weight is 538 g/mol. The SMILES string of the molecule is O=C(NCc1cccc(OCc2cncc(C(F)(F)F)c2)c1)C1CCCN1S(=O)(=O)c1ccc(F)cc1. The number of alkyl halides is 3. The third-order valence-electron chi connectivity index (χ3n) is 5.82. The Balaban J connectivity index is 1.36. The van der Waals surface area contributed by atoms with Crippen LogP contribution in [0.4, 0.5) is 17.6 Å². The normalized spacial score (nSPS) is 16.5. The van der Waals surface area contributed by atoms with Gasteiger partial charge in [0.05, 0.1) is 10.5 Å². The lowest BCUT2D eigenvalue weighted by atomic mass is 10.2. The number of hydrogen-bond acceptors (Lipinski definition) is 5. The van der Waals surface area contributed by atoms with E-state index in [-0.39, 0.29) is 30.2 Å². The van der Waals surface area contributed by atoms with Crippen LogP contribution < -0.4 is 10.1 Å². The van der Waals surface area contributed by atoms with Crippen LogP contribution in [0.1, 0.15) is 29.5 Å². The third-order valence-corrected chi connectivity index (χ3v) is 7.74. The monoisotopic (exact) mass is 537 g/mol. The van der Waals surface area contributed by atoms with Gasteiger partial charge in [0.25, 0.3) is 0 Å². The number of nitrogens with one attached hydrogen (secondary N) is 1. The van der Waals surface area contributed by atoms with Gasteiger partial charge in [-0.25, -0.2) is 12.8 Å². The molecule has 2 heterocycles. The highest BCUT2D eigenvalue weighted by molar-refractivity contribution is 7.89. The molecule has 0 aliphatic carbocycles. The minimum Gasteiger partial charge on any atom is -0.489 e. The topological polar surface area (TPSA) is 88.6 Å². The van der Waals surface area contributed by atoms with Crippen molar-refractivity contribution in [2.45, 2.75) is 43.1 Å². The summed E-state index contributed by atoms with van der Waals surface area (Å²) in [6, 6.07) is 11.1. The first-order valence-corrected chi connectivity index (χ1v) is 12.8. The predicted molar refractivity (Wildman–Crippen MR) is 125 cm³/mol. The summed E-state index contributed by atoms with van der Waals surface area (Å²) in [7, 11) is -3.98. The van der Waals surface area contributed by atoms with Crippen LogP contribution in [0.3, 0.4) is 0 Å². The smallest absolute Gasteiger partial charge is 0.417 e. The van der Waals surface area contributed by atoms with E-state index in [9.17, 15) is 30.8 Å². The largest absolute Gasteiger partial charge is 0.489 e. The summed E-state index contributed by atoms with van der Waals surface area (Å²) in [5, 5.41) is 2.73. The summed E-state index contributed by atoms with van der Waals surface area (Å²) in [4.78, 5) is 16.4. The molecule has 3 aromatic rings. The van der Waals surface area contributed by atoms with Crippen molar-refractivity contribution in [3.05, 3.63) is 89.5 Å². The van der Waals surface area contributed by atoms with E-state index in [0.717, 1.165) is 28.7 Å². The van der Waals surface area contributed by atoms with Crippen LogP contribution in [0, 0.1) is 5.82 Å². The maximum absolute atomic E-state index is 13.2. The summed E-state index contributed by atoms with van der Waals surface area (Å²) in [6.45, 7) is 0.124. The zero-order valence-electron chi connectivity index (χ0n) is 19.4. The van der Waals surface area contributed by atoms with Crippen LogP contribution in [-0.2, 0) is 34.1 Å². The van der Waals surface area contributed by atoms with Gasteiger partial charge in [-0.05, 0) is 60.9 Å². The molecule has 1 atom stereocenters. The number of ether oxygens (including phenoxy) is 1. The number of nitrogens with zero attached hydrogens (tertiary/aromatic N) is 2. The fraction of sp³-hybridized carbons (Fsp3) is 0.280. The van der Waals surface area contributed by atoms with Crippen LogP contribution in [0.5, 0.6) is 5.75 Å². The molecular weight excluding hydrogens is 514 g/mol. The molecule has 0 spiro atoms. The summed E-state index contributed by atoms with van der Waals surface area (Å²) in [5.41, 5.74) is 0.0311. The molecule has 37 heavy (non-hydrogen) atoms. The Bertz CT molecular complexity index is 1360. The third kappa shape index (κ3) is 6.44. The molecule has 1 aliphatic rings. The molecule has 1 saturated heterocycles. The minimum absolute atomic E-state index is 0.0854. The number of benzene rings is 2. The first-order chi connectivity index (χ1) is 17.5. The van der Waals surface area contributed by atoms with E-state index in [4.69, 9.17) is 4.74 Å². The molecule has 1 aromatic heterocycles. The molecule has 0 bridgehead atoms. The molecule has 0 saturated carbocycles. The number of carbonyl (C=O) groups is 1. The molecule has 1 unspecified atom stereocenters. The van der Waals surface area contributed by atoms with Crippen molar-refractivity contribution in [2.75, 3.05) is 6.54 Å². The molecule has 7 nitrogen and oxygen atoms in total. The van der Waals surface area contributed by atoms with Gasteiger partial charge in [-0.15, -0.1) is 0 Å². The average Bonchev–Trinajstić information content (AvgIpc) is 3.38. The molecule has 2 aromatic carbocycles. The Morgan fingerprint density at radius 2 is 1.84 bits per heavy atom. The maximum Gasteiger partial charge on any atom is 0.417 e. The lowest BCUT2D eigenvalue weighted by molar-refractivity contribution is -0.137. The minimum atomic E-state index is -4.51. The number of hydrogen-bond donors (Lipinski definition) is 1. The Kier molecular flexibility index (Phi) is 7.79. The van der Waals surface area contributed by atoms with E-state index in [2.05, 4.69) is 10.3 Å². The molecule has 1 fully saturated rings. The molecular formula is C25H23F4N3O4S. The number of aromatic nitrogens is 1. The fourth-order valence-corrected chi connectivity index (χ4v) is 5.63. The zero-order chi connectivity index (χ0) is 26.6. The predicted octanol–water partition coefficient (Wildman–Crippen LogP) is 4.29. The van der Waals surface area contributed by atoms with Gasteiger partial charge in [0.15, 0.2) is 0 Å². The quantitative estimate of drug-likeness (QED) is 0.434. The van der Waals surface area contributed by atoms with Crippen LogP contribution in [-0.4, -0.2) is 36.2 Å². The van der Waals surface area contributed by atoms with Crippen molar-refractivity contribution >= 4 is 15.9 Å². The summed E-state index contributed by atoms with van der Waals surface area (Å²) in [6.07, 6.45) is -1.63. The molecule has 196 valence electrons.